The molecule has 1 amide bonds. The van der Waals surface area contributed by atoms with E-state index in [0.29, 0.717) is 18.2 Å². The molecule has 0 unspecified atom stereocenters. The number of hydrogen-bond acceptors (Lipinski definition) is 5. The molecule has 0 saturated carbocycles. The molecule has 3 rings (SSSR count). The first kappa shape index (κ1) is 17.8. The zero-order valence-corrected chi connectivity index (χ0v) is 16.4. The summed E-state index contributed by atoms with van der Waals surface area (Å²) in [5, 5.41) is 5.70. The Morgan fingerprint density at radius 3 is 2.44 bits per heavy atom. The quantitative estimate of drug-likeness (QED) is 0.636. The Kier molecular flexibility index (Phi) is 5.30. The molecule has 6 heteroatoms. The lowest BCUT2D eigenvalue weighted by Gasteiger charge is -2.14. The lowest BCUT2D eigenvalue weighted by atomic mass is 10.0. The molecule has 2 heterocycles. The van der Waals surface area contributed by atoms with Crippen LogP contribution in [0.25, 0.3) is 10.6 Å². The second kappa shape index (κ2) is 7.45. The van der Waals surface area contributed by atoms with Gasteiger partial charge in [-0.1, -0.05) is 38.1 Å². The van der Waals surface area contributed by atoms with Gasteiger partial charge in [-0.05, 0) is 18.4 Å². The smallest absolute Gasteiger partial charge is 0.273 e. The topological polar surface area (TPSA) is 46.1 Å². The highest BCUT2D eigenvalue weighted by molar-refractivity contribution is 7.13. The van der Waals surface area contributed by atoms with Gasteiger partial charge in [-0.15, -0.1) is 22.7 Å². The summed E-state index contributed by atoms with van der Waals surface area (Å²) in [6, 6.07) is 8.40. The number of carbonyl (C=O) groups excluding carboxylic acids is 1. The van der Waals surface area contributed by atoms with Crippen LogP contribution in [0.4, 0.5) is 0 Å². The van der Waals surface area contributed by atoms with Crippen molar-refractivity contribution in [3.05, 3.63) is 57.0 Å². The molecule has 0 aliphatic carbocycles. The van der Waals surface area contributed by atoms with E-state index in [1.165, 1.54) is 16.9 Å². The van der Waals surface area contributed by atoms with Crippen LogP contribution in [0.2, 0.25) is 0 Å². The van der Waals surface area contributed by atoms with E-state index < -0.39 is 0 Å². The summed E-state index contributed by atoms with van der Waals surface area (Å²) in [5.74, 6) is 0.428. The first-order chi connectivity index (χ1) is 11.9. The van der Waals surface area contributed by atoms with Crippen LogP contribution in [0, 0.1) is 6.92 Å². The van der Waals surface area contributed by atoms with E-state index in [-0.39, 0.29) is 5.91 Å². The van der Waals surface area contributed by atoms with Crippen molar-refractivity contribution in [2.45, 2.75) is 33.2 Å². The third-order valence-corrected chi connectivity index (χ3v) is 5.67. The molecule has 130 valence electrons. The van der Waals surface area contributed by atoms with Gasteiger partial charge in [0.2, 0.25) is 0 Å². The lowest BCUT2D eigenvalue weighted by Crippen LogP contribution is -2.26. The number of amides is 1. The van der Waals surface area contributed by atoms with Gasteiger partial charge in [0.05, 0.1) is 17.2 Å². The number of hydrogen-bond donors (Lipinski definition) is 0. The van der Waals surface area contributed by atoms with Crippen molar-refractivity contribution in [1.29, 1.82) is 0 Å². The van der Waals surface area contributed by atoms with Crippen molar-refractivity contribution in [3.63, 3.8) is 0 Å². The van der Waals surface area contributed by atoms with Crippen LogP contribution in [0.5, 0.6) is 0 Å². The van der Waals surface area contributed by atoms with Crippen LogP contribution in [0.15, 0.2) is 35.0 Å². The standard InChI is InChI=1S/C19H21N3OS2/c1-12(2)14-5-7-15(8-6-14)18-21-17(11-25-18)19(23)22(4)9-16-10-24-13(3)20-16/h5-8,10-12H,9H2,1-4H3. The van der Waals surface area contributed by atoms with Gasteiger partial charge in [-0.25, -0.2) is 9.97 Å². The highest BCUT2D eigenvalue weighted by atomic mass is 32.1. The third kappa shape index (κ3) is 4.14. The molecule has 1 aromatic carbocycles. The number of benzene rings is 1. The molecule has 0 atom stereocenters. The number of aromatic nitrogens is 2. The first-order valence-electron chi connectivity index (χ1n) is 8.16. The first-order valence-corrected chi connectivity index (χ1v) is 9.92. The second-order valence-electron chi connectivity index (χ2n) is 6.33. The summed E-state index contributed by atoms with van der Waals surface area (Å²) >= 11 is 3.10. The number of nitrogens with zero attached hydrogens (tertiary/aromatic N) is 3. The van der Waals surface area contributed by atoms with Gasteiger partial charge in [-0.2, -0.15) is 0 Å². The van der Waals surface area contributed by atoms with Crippen molar-refractivity contribution in [3.8, 4) is 10.6 Å². The Labute approximate surface area is 156 Å². The molecule has 0 aliphatic rings. The molecule has 0 aliphatic heterocycles. The number of aryl methyl sites for hydroxylation is 1. The average Bonchev–Trinajstić information content (AvgIpc) is 3.23. The summed E-state index contributed by atoms with van der Waals surface area (Å²) < 4.78 is 0. The Hall–Kier alpha value is -2.05. The summed E-state index contributed by atoms with van der Waals surface area (Å²) in [6.45, 7) is 6.82. The molecule has 3 aromatic rings. The van der Waals surface area contributed by atoms with Crippen molar-refractivity contribution >= 4 is 28.6 Å². The normalized spacial score (nSPS) is 11.1. The zero-order chi connectivity index (χ0) is 18.0. The number of carbonyl (C=O) groups is 1. The fraction of sp³-hybridized carbons (Fsp3) is 0.316. The van der Waals surface area contributed by atoms with E-state index in [9.17, 15) is 4.79 Å². The largest absolute Gasteiger partial charge is 0.334 e. The van der Waals surface area contributed by atoms with Gasteiger partial charge in [-0.3, -0.25) is 4.79 Å². The van der Waals surface area contributed by atoms with Crippen LogP contribution in [-0.2, 0) is 6.54 Å². The Bertz CT molecular complexity index is 865. The molecule has 0 fully saturated rings. The second-order valence-corrected chi connectivity index (χ2v) is 8.25. The van der Waals surface area contributed by atoms with Crippen LogP contribution < -0.4 is 0 Å². The van der Waals surface area contributed by atoms with Crippen LogP contribution in [0.3, 0.4) is 0 Å². The lowest BCUT2D eigenvalue weighted by molar-refractivity contribution is 0.0778. The summed E-state index contributed by atoms with van der Waals surface area (Å²) in [4.78, 5) is 23.2. The molecule has 25 heavy (non-hydrogen) atoms. The highest BCUT2D eigenvalue weighted by Gasteiger charge is 2.17. The van der Waals surface area contributed by atoms with Gasteiger partial charge in [0.25, 0.3) is 5.91 Å². The van der Waals surface area contributed by atoms with E-state index in [0.717, 1.165) is 21.3 Å². The average molecular weight is 372 g/mol. The molecule has 2 aromatic heterocycles. The summed E-state index contributed by atoms with van der Waals surface area (Å²) in [6.07, 6.45) is 0. The fourth-order valence-corrected chi connectivity index (χ4v) is 3.91. The predicted molar refractivity (Wildman–Crippen MR) is 104 cm³/mol. The zero-order valence-electron chi connectivity index (χ0n) is 14.8. The number of thiazole rings is 2. The predicted octanol–water partition coefficient (Wildman–Crippen LogP) is 4.97. The monoisotopic (exact) mass is 371 g/mol. The van der Waals surface area contributed by atoms with Gasteiger partial charge in [0.15, 0.2) is 0 Å². The maximum absolute atomic E-state index is 12.6. The molecule has 4 nitrogen and oxygen atoms in total. The van der Waals surface area contributed by atoms with Gasteiger partial charge >= 0.3 is 0 Å². The van der Waals surface area contributed by atoms with Gasteiger partial charge in [0.1, 0.15) is 10.7 Å². The van der Waals surface area contributed by atoms with E-state index >= 15 is 0 Å². The molecular weight excluding hydrogens is 350 g/mol. The van der Waals surface area contributed by atoms with E-state index in [4.69, 9.17) is 0 Å². The van der Waals surface area contributed by atoms with E-state index in [1.807, 2.05) is 17.7 Å². The maximum Gasteiger partial charge on any atom is 0.273 e. The van der Waals surface area contributed by atoms with Crippen LogP contribution in [-0.4, -0.2) is 27.8 Å². The molecule has 0 N–H and O–H groups in total. The van der Waals surface area contributed by atoms with Crippen LogP contribution in [0.1, 0.15) is 46.5 Å². The van der Waals surface area contributed by atoms with Gasteiger partial charge < -0.3 is 4.90 Å². The van der Waals surface area contributed by atoms with Crippen molar-refractivity contribution in [2.24, 2.45) is 0 Å². The summed E-state index contributed by atoms with van der Waals surface area (Å²) in [5.41, 5.74) is 3.75. The molecule has 0 radical (unpaired) electrons. The Morgan fingerprint density at radius 1 is 1.12 bits per heavy atom. The molecule has 0 bridgehead atoms. The minimum absolute atomic E-state index is 0.0769. The number of rotatable bonds is 5. The maximum atomic E-state index is 12.6. The molecular formula is C19H21N3OS2. The van der Waals surface area contributed by atoms with Crippen LogP contribution >= 0.6 is 22.7 Å². The Balaban J connectivity index is 1.72. The highest BCUT2D eigenvalue weighted by Crippen LogP contribution is 2.26. The van der Waals surface area contributed by atoms with Gasteiger partial charge in [0, 0.05) is 23.4 Å². The van der Waals surface area contributed by atoms with E-state index in [1.54, 1.807) is 23.3 Å². The minimum Gasteiger partial charge on any atom is -0.334 e. The van der Waals surface area contributed by atoms with Crippen molar-refractivity contribution in [1.82, 2.24) is 14.9 Å². The SMILES string of the molecule is Cc1nc(CN(C)C(=O)c2csc(-c3ccc(C(C)C)cc3)n2)cs1. The van der Waals surface area contributed by atoms with Crippen molar-refractivity contribution < 1.29 is 4.79 Å². The molecule has 0 spiro atoms. The Morgan fingerprint density at radius 2 is 1.84 bits per heavy atom. The van der Waals surface area contributed by atoms with Crippen molar-refractivity contribution in [2.75, 3.05) is 7.05 Å². The van der Waals surface area contributed by atoms with E-state index in [2.05, 4.69) is 48.1 Å². The minimum atomic E-state index is -0.0769. The summed E-state index contributed by atoms with van der Waals surface area (Å²) in [7, 11) is 1.79. The third-order valence-electron chi connectivity index (χ3n) is 3.96. The molecule has 0 saturated heterocycles. The fourth-order valence-electron chi connectivity index (χ4n) is 2.51.